The summed E-state index contributed by atoms with van der Waals surface area (Å²) in [7, 11) is 0. The van der Waals surface area contributed by atoms with Crippen LogP contribution in [0.1, 0.15) is 24.1 Å². The van der Waals surface area contributed by atoms with E-state index in [0.29, 0.717) is 12.3 Å². The first-order valence-electron chi connectivity index (χ1n) is 6.14. The molecule has 0 amide bonds. The van der Waals surface area contributed by atoms with Crippen molar-refractivity contribution < 1.29 is 4.74 Å². The Labute approximate surface area is 112 Å². The number of benzene rings is 1. The SMILES string of the molecule is CCOc1cncc(C(NN)c2ccccc2N)c1. The largest absolute Gasteiger partial charge is 0.492 e. The topological polar surface area (TPSA) is 86.2 Å². The van der Waals surface area contributed by atoms with E-state index in [0.717, 1.165) is 16.9 Å². The molecular formula is C14H18N4O. The van der Waals surface area contributed by atoms with Gasteiger partial charge in [-0.2, -0.15) is 0 Å². The second-order valence-electron chi connectivity index (χ2n) is 4.12. The molecule has 5 nitrogen and oxygen atoms in total. The van der Waals surface area contributed by atoms with Crippen molar-refractivity contribution in [1.29, 1.82) is 0 Å². The minimum atomic E-state index is -0.214. The van der Waals surface area contributed by atoms with Gasteiger partial charge in [-0.25, -0.2) is 5.43 Å². The number of nitrogens with zero attached hydrogens (tertiary/aromatic N) is 1. The lowest BCUT2D eigenvalue weighted by molar-refractivity contribution is 0.338. The van der Waals surface area contributed by atoms with Gasteiger partial charge in [-0.3, -0.25) is 10.8 Å². The number of anilines is 1. The van der Waals surface area contributed by atoms with E-state index in [1.807, 2.05) is 37.3 Å². The molecule has 0 saturated carbocycles. The normalized spacial score (nSPS) is 12.1. The summed E-state index contributed by atoms with van der Waals surface area (Å²) in [6.07, 6.45) is 3.43. The highest BCUT2D eigenvalue weighted by Gasteiger charge is 2.15. The number of para-hydroxylation sites is 1. The second kappa shape index (κ2) is 6.17. The van der Waals surface area contributed by atoms with Gasteiger partial charge in [0.25, 0.3) is 0 Å². The monoisotopic (exact) mass is 258 g/mol. The maximum atomic E-state index is 5.98. The number of rotatable bonds is 5. The molecule has 0 aliphatic carbocycles. The molecule has 1 aromatic heterocycles. The van der Waals surface area contributed by atoms with Gasteiger partial charge in [0.15, 0.2) is 0 Å². The molecule has 5 heteroatoms. The van der Waals surface area contributed by atoms with E-state index in [4.69, 9.17) is 16.3 Å². The van der Waals surface area contributed by atoms with Gasteiger partial charge >= 0.3 is 0 Å². The standard InChI is InChI=1S/C14H18N4O/c1-2-19-11-7-10(8-17-9-11)14(18-16)12-5-3-4-6-13(12)15/h3-9,14,18H,2,15-16H2,1H3. The molecule has 0 spiro atoms. The fraction of sp³-hybridized carbons (Fsp3) is 0.214. The molecule has 0 saturated heterocycles. The first-order valence-corrected chi connectivity index (χ1v) is 6.14. The van der Waals surface area contributed by atoms with Gasteiger partial charge in [-0.05, 0) is 30.2 Å². The number of hydrogen-bond acceptors (Lipinski definition) is 5. The van der Waals surface area contributed by atoms with E-state index >= 15 is 0 Å². The number of nitrogens with two attached hydrogens (primary N) is 2. The summed E-state index contributed by atoms with van der Waals surface area (Å²) in [5, 5.41) is 0. The molecule has 5 N–H and O–H groups in total. The Hall–Kier alpha value is -2.11. The number of nitrogens with one attached hydrogen (secondary N) is 1. The van der Waals surface area contributed by atoms with Gasteiger partial charge in [0.05, 0.1) is 18.8 Å². The molecule has 19 heavy (non-hydrogen) atoms. The predicted molar refractivity (Wildman–Crippen MR) is 75.4 cm³/mol. The van der Waals surface area contributed by atoms with Crippen LogP contribution in [0.2, 0.25) is 0 Å². The molecular weight excluding hydrogens is 240 g/mol. The predicted octanol–water partition coefficient (Wildman–Crippen LogP) is 1.62. The van der Waals surface area contributed by atoms with Crippen molar-refractivity contribution in [1.82, 2.24) is 10.4 Å². The summed E-state index contributed by atoms with van der Waals surface area (Å²) < 4.78 is 5.44. The third kappa shape index (κ3) is 3.01. The quantitative estimate of drug-likeness (QED) is 0.431. The third-order valence-electron chi connectivity index (χ3n) is 2.85. The maximum Gasteiger partial charge on any atom is 0.137 e. The number of hydrogen-bond donors (Lipinski definition) is 3. The average molecular weight is 258 g/mol. The molecule has 2 aromatic rings. The summed E-state index contributed by atoms with van der Waals surface area (Å²) in [5.74, 6) is 6.37. The smallest absolute Gasteiger partial charge is 0.137 e. The third-order valence-corrected chi connectivity index (χ3v) is 2.85. The van der Waals surface area contributed by atoms with E-state index < -0.39 is 0 Å². The van der Waals surface area contributed by atoms with Crippen LogP contribution in [0, 0.1) is 0 Å². The summed E-state index contributed by atoms with van der Waals surface area (Å²) >= 11 is 0. The van der Waals surface area contributed by atoms with Crippen LogP contribution < -0.4 is 21.7 Å². The average Bonchev–Trinajstić information content (AvgIpc) is 2.43. The molecule has 0 fully saturated rings. The fourth-order valence-corrected chi connectivity index (χ4v) is 1.98. The number of ether oxygens (including phenoxy) is 1. The van der Waals surface area contributed by atoms with Crippen LogP contribution in [0.4, 0.5) is 5.69 Å². The van der Waals surface area contributed by atoms with Gasteiger partial charge in [0.1, 0.15) is 5.75 Å². The number of hydrazine groups is 1. The Balaban J connectivity index is 2.37. The Morgan fingerprint density at radius 2 is 2.11 bits per heavy atom. The van der Waals surface area contributed by atoms with Crippen LogP contribution in [-0.2, 0) is 0 Å². The summed E-state index contributed by atoms with van der Waals surface area (Å²) in [6.45, 7) is 2.53. The molecule has 0 aliphatic heterocycles. The summed E-state index contributed by atoms with van der Waals surface area (Å²) in [4.78, 5) is 4.17. The van der Waals surface area contributed by atoms with Crippen molar-refractivity contribution in [2.45, 2.75) is 13.0 Å². The highest BCUT2D eigenvalue weighted by Crippen LogP contribution is 2.27. The van der Waals surface area contributed by atoms with Crippen LogP contribution in [-0.4, -0.2) is 11.6 Å². The molecule has 1 heterocycles. The Bertz CT molecular complexity index is 544. The van der Waals surface area contributed by atoms with Crippen LogP contribution in [0.25, 0.3) is 0 Å². The van der Waals surface area contributed by atoms with Crippen molar-refractivity contribution in [2.75, 3.05) is 12.3 Å². The Morgan fingerprint density at radius 1 is 1.32 bits per heavy atom. The van der Waals surface area contributed by atoms with Crippen LogP contribution in [0.15, 0.2) is 42.7 Å². The number of aromatic nitrogens is 1. The van der Waals surface area contributed by atoms with Gasteiger partial charge in [0.2, 0.25) is 0 Å². The van der Waals surface area contributed by atoms with Gasteiger partial charge in [0, 0.05) is 11.9 Å². The van der Waals surface area contributed by atoms with Gasteiger partial charge < -0.3 is 10.5 Å². The Morgan fingerprint density at radius 3 is 2.79 bits per heavy atom. The summed E-state index contributed by atoms with van der Waals surface area (Å²) in [6, 6.07) is 9.30. The van der Waals surface area contributed by atoms with E-state index in [1.165, 1.54) is 0 Å². The van der Waals surface area contributed by atoms with E-state index in [-0.39, 0.29) is 6.04 Å². The van der Waals surface area contributed by atoms with Gasteiger partial charge in [-0.15, -0.1) is 0 Å². The Kier molecular flexibility index (Phi) is 4.33. The van der Waals surface area contributed by atoms with E-state index in [9.17, 15) is 0 Å². The van der Waals surface area contributed by atoms with Gasteiger partial charge in [-0.1, -0.05) is 18.2 Å². The molecule has 100 valence electrons. The molecule has 0 aliphatic rings. The van der Waals surface area contributed by atoms with Crippen molar-refractivity contribution in [3.8, 4) is 5.75 Å². The van der Waals surface area contributed by atoms with Crippen molar-refractivity contribution in [3.05, 3.63) is 53.9 Å². The van der Waals surface area contributed by atoms with E-state index in [2.05, 4.69) is 10.4 Å². The van der Waals surface area contributed by atoms with Crippen LogP contribution in [0.5, 0.6) is 5.75 Å². The zero-order valence-electron chi connectivity index (χ0n) is 10.8. The van der Waals surface area contributed by atoms with Crippen LogP contribution in [0.3, 0.4) is 0 Å². The number of pyridine rings is 1. The first-order chi connectivity index (χ1) is 9.26. The van der Waals surface area contributed by atoms with E-state index in [1.54, 1.807) is 12.4 Å². The molecule has 1 atom stereocenters. The molecule has 2 rings (SSSR count). The maximum absolute atomic E-state index is 5.98. The molecule has 0 bridgehead atoms. The number of nitrogen functional groups attached to an aromatic ring is 1. The van der Waals surface area contributed by atoms with Crippen molar-refractivity contribution in [3.63, 3.8) is 0 Å². The molecule has 0 radical (unpaired) electrons. The second-order valence-corrected chi connectivity index (χ2v) is 4.12. The zero-order valence-corrected chi connectivity index (χ0v) is 10.8. The molecule has 1 unspecified atom stereocenters. The lowest BCUT2D eigenvalue weighted by Crippen LogP contribution is -2.29. The first kappa shape index (κ1) is 13.3. The van der Waals surface area contributed by atoms with Crippen molar-refractivity contribution >= 4 is 5.69 Å². The van der Waals surface area contributed by atoms with Crippen molar-refractivity contribution in [2.24, 2.45) is 5.84 Å². The minimum absolute atomic E-state index is 0.214. The fourth-order valence-electron chi connectivity index (χ4n) is 1.98. The molecule has 1 aromatic carbocycles. The zero-order chi connectivity index (χ0) is 13.7. The van der Waals surface area contributed by atoms with Crippen LogP contribution >= 0.6 is 0 Å². The summed E-state index contributed by atoms with van der Waals surface area (Å²) in [5.41, 5.74) is 11.3. The lowest BCUT2D eigenvalue weighted by atomic mass is 9.99. The highest BCUT2D eigenvalue weighted by molar-refractivity contribution is 5.51. The lowest BCUT2D eigenvalue weighted by Gasteiger charge is -2.18. The highest BCUT2D eigenvalue weighted by atomic mass is 16.5. The minimum Gasteiger partial charge on any atom is -0.492 e.